The van der Waals surface area contributed by atoms with Gasteiger partial charge in [-0.25, -0.2) is 0 Å². The molecule has 1 aliphatic heterocycles. The Hall–Kier alpha value is 0.620. The SMILES string of the molecule is CCSC1CCC1(O)CNC1CCSC1. The van der Waals surface area contributed by atoms with Crippen molar-refractivity contribution < 1.29 is 5.11 Å². The first kappa shape index (κ1) is 12.1. The number of rotatable bonds is 5. The number of hydrogen-bond donors (Lipinski definition) is 2. The van der Waals surface area contributed by atoms with E-state index in [1.165, 1.54) is 24.3 Å². The van der Waals surface area contributed by atoms with Crippen molar-refractivity contribution >= 4 is 23.5 Å². The Balaban J connectivity index is 1.72. The van der Waals surface area contributed by atoms with Crippen molar-refractivity contribution in [3.8, 4) is 0 Å². The summed E-state index contributed by atoms with van der Waals surface area (Å²) in [6, 6.07) is 0.645. The first-order valence-corrected chi connectivity index (χ1v) is 8.10. The third kappa shape index (κ3) is 2.84. The second-order valence-corrected chi connectivity index (χ2v) is 7.16. The molecule has 0 bridgehead atoms. The van der Waals surface area contributed by atoms with Crippen LogP contribution < -0.4 is 5.32 Å². The molecule has 0 spiro atoms. The quantitative estimate of drug-likeness (QED) is 0.775. The molecule has 0 aromatic carbocycles. The molecule has 0 amide bonds. The number of nitrogens with one attached hydrogen (secondary N) is 1. The molecule has 0 aromatic rings. The van der Waals surface area contributed by atoms with Crippen molar-refractivity contribution in [2.75, 3.05) is 23.8 Å². The summed E-state index contributed by atoms with van der Waals surface area (Å²) in [6.45, 7) is 2.97. The zero-order valence-corrected chi connectivity index (χ0v) is 11.0. The summed E-state index contributed by atoms with van der Waals surface area (Å²) in [5.41, 5.74) is -0.409. The third-order valence-corrected chi connectivity index (χ3v) is 6.01. The highest BCUT2D eigenvalue weighted by molar-refractivity contribution is 8.00. The summed E-state index contributed by atoms with van der Waals surface area (Å²) in [4.78, 5) is 0. The van der Waals surface area contributed by atoms with Crippen LogP contribution in [0.4, 0.5) is 0 Å². The molecule has 3 unspecified atom stereocenters. The molecule has 2 N–H and O–H groups in total. The van der Waals surface area contributed by atoms with Gasteiger partial charge in [0.1, 0.15) is 0 Å². The Bertz CT molecular complexity index is 209. The van der Waals surface area contributed by atoms with E-state index >= 15 is 0 Å². The van der Waals surface area contributed by atoms with Crippen molar-refractivity contribution in [3.05, 3.63) is 0 Å². The third-order valence-electron chi connectivity index (χ3n) is 3.43. The lowest BCUT2D eigenvalue weighted by atomic mass is 9.79. The van der Waals surface area contributed by atoms with E-state index in [4.69, 9.17) is 0 Å². The van der Waals surface area contributed by atoms with Crippen LogP contribution >= 0.6 is 23.5 Å². The Morgan fingerprint density at radius 1 is 1.53 bits per heavy atom. The summed E-state index contributed by atoms with van der Waals surface area (Å²) in [6.07, 6.45) is 3.44. The normalized spacial score (nSPS) is 40.4. The van der Waals surface area contributed by atoms with E-state index in [1.807, 2.05) is 23.5 Å². The van der Waals surface area contributed by atoms with Crippen LogP contribution in [0.15, 0.2) is 0 Å². The lowest BCUT2D eigenvalue weighted by Gasteiger charge is -2.45. The average Bonchev–Trinajstić information content (AvgIpc) is 2.74. The van der Waals surface area contributed by atoms with Crippen LogP contribution in [0.3, 0.4) is 0 Å². The van der Waals surface area contributed by atoms with Crippen molar-refractivity contribution in [1.29, 1.82) is 0 Å². The standard InChI is InChI=1S/C11H21NOS2/c1-2-15-10-3-5-11(10,13)8-12-9-4-6-14-7-9/h9-10,12-13H,2-8H2,1H3. The fraction of sp³-hybridized carbons (Fsp3) is 1.00. The van der Waals surface area contributed by atoms with Crippen molar-refractivity contribution in [2.45, 2.75) is 43.1 Å². The Morgan fingerprint density at radius 3 is 2.93 bits per heavy atom. The van der Waals surface area contributed by atoms with Crippen LogP contribution in [0.2, 0.25) is 0 Å². The molecule has 2 aliphatic rings. The van der Waals surface area contributed by atoms with Crippen LogP contribution in [0.25, 0.3) is 0 Å². The summed E-state index contributed by atoms with van der Waals surface area (Å²) in [5, 5.41) is 14.4. The topological polar surface area (TPSA) is 32.3 Å². The summed E-state index contributed by atoms with van der Waals surface area (Å²) in [5.74, 6) is 3.62. The summed E-state index contributed by atoms with van der Waals surface area (Å²) < 4.78 is 0. The van der Waals surface area contributed by atoms with Crippen LogP contribution in [0.1, 0.15) is 26.2 Å². The van der Waals surface area contributed by atoms with Gasteiger partial charge in [0.05, 0.1) is 5.60 Å². The van der Waals surface area contributed by atoms with Gasteiger partial charge >= 0.3 is 0 Å². The van der Waals surface area contributed by atoms with Crippen LogP contribution in [0.5, 0.6) is 0 Å². The van der Waals surface area contributed by atoms with Gasteiger partial charge in [-0.15, -0.1) is 0 Å². The van der Waals surface area contributed by atoms with Gasteiger partial charge in [0.2, 0.25) is 0 Å². The van der Waals surface area contributed by atoms with Gasteiger partial charge in [0.25, 0.3) is 0 Å². The van der Waals surface area contributed by atoms with E-state index < -0.39 is 5.60 Å². The molecular weight excluding hydrogens is 226 g/mol. The maximum atomic E-state index is 10.4. The molecule has 2 nitrogen and oxygen atoms in total. The van der Waals surface area contributed by atoms with Gasteiger partial charge in [0.15, 0.2) is 0 Å². The fourth-order valence-corrected chi connectivity index (χ4v) is 4.64. The zero-order valence-electron chi connectivity index (χ0n) is 9.37. The van der Waals surface area contributed by atoms with Gasteiger partial charge in [0, 0.05) is 23.6 Å². The molecule has 1 aliphatic carbocycles. The molecule has 1 saturated heterocycles. The molecule has 1 saturated carbocycles. The van der Waals surface area contributed by atoms with E-state index in [0.29, 0.717) is 11.3 Å². The van der Waals surface area contributed by atoms with Crippen molar-refractivity contribution in [2.24, 2.45) is 0 Å². The first-order chi connectivity index (χ1) is 7.24. The van der Waals surface area contributed by atoms with Crippen LogP contribution in [-0.4, -0.2) is 45.8 Å². The predicted molar refractivity (Wildman–Crippen MR) is 69.8 cm³/mol. The van der Waals surface area contributed by atoms with Gasteiger partial charge in [-0.05, 0) is 30.8 Å². The number of aliphatic hydroxyl groups is 1. The van der Waals surface area contributed by atoms with Crippen molar-refractivity contribution in [3.63, 3.8) is 0 Å². The second-order valence-electron chi connectivity index (χ2n) is 4.53. The molecule has 3 atom stereocenters. The molecule has 15 heavy (non-hydrogen) atoms. The second kappa shape index (κ2) is 5.30. The van der Waals surface area contributed by atoms with E-state index in [-0.39, 0.29) is 0 Å². The van der Waals surface area contributed by atoms with E-state index in [1.54, 1.807) is 0 Å². The monoisotopic (exact) mass is 247 g/mol. The predicted octanol–water partition coefficient (Wildman–Crippen LogP) is 1.73. The molecule has 0 radical (unpaired) electrons. The largest absolute Gasteiger partial charge is 0.387 e. The molecule has 2 fully saturated rings. The Kier molecular flexibility index (Phi) is 4.27. The van der Waals surface area contributed by atoms with Crippen LogP contribution in [0, 0.1) is 0 Å². The fourth-order valence-electron chi connectivity index (χ4n) is 2.25. The average molecular weight is 247 g/mol. The molecule has 88 valence electrons. The molecule has 4 heteroatoms. The zero-order chi connectivity index (χ0) is 10.7. The van der Waals surface area contributed by atoms with E-state index in [0.717, 1.165) is 18.7 Å². The number of hydrogen-bond acceptors (Lipinski definition) is 4. The molecule has 1 heterocycles. The van der Waals surface area contributed by atoms with Gasteiger partial charge < -0.3 is 10.4 Å². The molecule has 0 aromatic heterocycles. The lowest BCUT2D eigenvalue weighted by molar-refractivity contribution is -0.0247. The van der Waals surface area contributed by atoms with E-state index in [2.05, 4.69) is 12.2 Å². The van der Waals surface area contributed by atoms with Gasteiger partial charge in [-0.2, -0.15) is 23.5 Å². The first-order valence-electron chi connectivity index (χ1n) is 5.90. The molecule has 2 rings (SSSR count). The van der Waals surface area contributed by atoms with E-state index in [9.17, 15) is 5.11 Å². The minimum absolute atomic E-state index is 0.409. The number of thioether (sulfide) groups is 2. The maximum Gasteiger partial charge on any atom is 0.0889 e. The Labute approximate surface area is 101 Å². The summed E-state index contributed by atoms with van der Waals surface area (Å²) >= 11 is 3.93. The highest BCUT2D eigenvalue weighted by Crippen LogP contribution is 2.40. The maximum absolute atomic E-state index is 10.4. The summed E-state index contributed by atoms with van der Waals surface area (Å²) in [7, 11) is 0. The minimum atomic E-state index is -0.409. The minimum Gasteiger partial charge on any atom is -0.387 e. The Morgan fingerprint density at radius 2 is 2.40 bits per heavy atom. The van der Waals surface area contributed by atoms with Gasteiger partial charge in [-0.3, -0.25) is 0 Å². The van der Waals surface area contributed by atoms with Gasteiger partial charge in [-0.1, -0.05) is 6.92 Å². The lowest BCUT2D eigenvalue weighted by Crippen LogP contribution is -2.57. The highest BCUT2D eigenvalue weighted by atomic mass is 32.2. The smallest absolute Gasteiger partial charge is 0.0889 e. The highest BCUT2D eigenvalue weighted by Gasteiger charge is 2.45. The van der Waals surface area contributed by atoms with Crippen molar-refractivity contribution in [1.82, 2.24) is 5.32 Å². The van der Waals surface area contributed by atoms with Crippen LogP contribution in [-0.2, 0) is 0 Å². The molecular formula is C11H21NOS2.